The Hall–Kier alpha value is -1.91. The normalized spacial score (nSPS) is 18.6. The molecule has 88 valence electrons. The van der Waals surface area contributed by atoms with E-state index in [2.05, 4.69) is 9.98 Å². The first-order valence-corrected chi connectivity index (χ1v) is 5.92. The van der Waals surface area contributed by atoms with Crippen LogP contribution >= 0.6 is 0 Å². The number of hydrogen-bond acceptors (Lipinski definition) is 4. The van der Waals surface area contributed by atoms with Gasteiger partial charge in [-0.2, -0.15) is 0 Å². The zero-order chi connectivity index (χ0) is 11.8. The zero-order valence-electron chi connectivity index (χ0n) is 9.76. The van der Waals surface area contributed by atoms with Gasteiger partial charge in [-0.25, -0.2) is 4.98 Å². The number of guanidine groups is 1. The van der Waals surface area contributed by atoms with Crippen molar-refractivity contribution < 1.29 is 4.79 Å². The molecule has 0 aliphatic carbocycles. The summed E-state index contributed by atoms with van der Waals surface area (Å²) in [7, 11) is 0. The molecule has 0 aromatic carbocycles. The summed E-state index contributed by atoms with van der Waals surface area (Å²) >= 11 is 0. The molecule has 0 fully saturated rings. The van der Waals surface area contributed by atoms with E-state index < -0.39 is 0 Å². The van der Waals surface area contributed by atoms with Crippen LogP contribution in [0.5, 0.6) is 0 Å². The quantitative estimate of drug-likeness (QED) is 0.726. The maximum absolute atomic E-state index is 12.3. The highest BCUT2D eigenvalue weighted by Crippen LogP contribution is 2.27. The van der Waals surface area contributed by atoms with Gasteiger partial charge in [0.25, 0.3) is 5.91 Å². The van der Waals surface area contributed by atoms with Crippen LogP contribution in [0.25, 0.3) is 0 Å². The molecule has 3 heterocycles. The van der Waals surface area contributed by atoms with Crippen LogP contribution in [-0.2, 0) is 0 Å². The summed E-state index contributed by atoms with van der Waals surface area (Å²) in [6, 6.07) is 3.63. The summed E-state index contributed by atoms with van der Waals surface area (Å²) < 4.78 is 0. The van der Waals surface area contributed by atoms with Crippen LogP contribution in [0.4, 0.5) is 5.82 Å². The van der Waals surface area contributed by atoms with Crippen molar-refractivity contribution in [1.29, 1.82) is 0 Å². The number of nitrogens with zero attached hydrogens (tertiary/aromatic N) is 4. The lowest BCUT2D eigenvalue weighted by Crippen LogP contribution is -2.54. The third-order valence-electron chi connectivity index (χ3n) is 3.11. The van der Waals surface area contributed by atoms with E-state index in [-0.39, 0.29) is 5.91 Å². The first-order valence-electron chi connectivity index (χ1n) is 5.92. The molecule has 1 amide bonds. The predicted octanol–water partition coefficient (Wildman–Crippen LogP) is 1.12. The van der Waals surface area contributed by atoms with Gasteiger partial charge in [0.2, 0.25) is 5.96 Å². The summed E-state index contributed by atoms with van der Waals surface area (Å²) in [6.07, 6.45) is 2.65. The molecule has 0 radical (unpaired) electrons. The van der Waals surface area contributed by atoms with Crippen LogP contribution in [-0.4, -0.2) is 41.4 Å². The second-order valence-electron chi connectivity index (χ2n) is 4.11. The third-order valence-corrected chi connectivity index (χ3v) is 3.11. The van der Waals surface area contributed by atoms with Crippen LogP contribution in [0, 0.1) is 0 Å². The van der Waals surface area contributed by atoms with E-state index >= 15 is 0 Å². The molecular formula is C12H14N4O. The SMILES string of the molecule is CCN1C2=NCCCN2C(=O)c2cccnc21. The van der Waals surface area contributed by atoms with Crippen molar-refractivity contribution in [1.82, 2.24) is 9.88 Å². The highest BCUT2D eigenvalue weighted by atomic mass is 16.2. The first kappa shape index (κ1) is 10.3. The first-order chi connectivity index (χ1) is 8.33. The minimum Gasteiger partial charge on any atom is -0.296 e. The van der Waals surface area contributed by atoms with E-state index in [9.17, 15) is 4.79 Å². The Bertz CT molecular complexity index is 497. The van der Waals surface area contributed by atoms with E-state index in [0.29, 0.717) is 5.56 Å². The topological polar surface area (TPSA) is 48.8 Å². The van der Waals surface area contributed by atoms with E-state index in [1.54, 1.807) is 17.2 Å². The number of carbonyl (C=O) groups is 1. The van der Waals surface area contributed by atoms with E-state index in [1.807, 2.05) is 17.9 Å². The second kappa shape index (κ2) is 3.84. The van der Waals surface area contributed by atoms with Gasteiger partial charge in [0.1, 0.15) is 5.82 Å². The van der Waals surface area contributed by atoms with Gasteiger partial charge in [-0.15, -0.1) is 0 Å². The monoisotopic (exact) mass is 230 g/mol. The molecule has 2 aliphatic rings. The third kappa shape index (κ3) is 1.42. The van der Waals surface area contributed by atoms with Crippen molar-refractivity contribution in [2.75, 3.05) is 24.5 Å². The van der Waals surface area contributed by atoms with Gasteiger partial charge in [-0.3, -0.25) is 19.6 Å². The average Bonchev–Trinajstić information content (AvgIpc) is 2.40. The number of rotatable bonds is 1. The molecule has 0 atom stereocenters. The molecular weight excluding hydrogens is 216 g/mol. The number of aliphatic imine (C=N–C) groups is 1. The lowest BCUT2D eigenvalue weighted by Gasteiger charge is -2.39. The van der Waals surface area contributed by atoms with Crippen molar-refractivity contribution in [3.63, 3.8) is 0 Å². The van der Waals surface area contributed by atoms with Gasteiger partial charge in [-0.05, 0) is 25.5 Å². The van der Waals surface area contributed by atoms with E-state index in [4.69, 9.17) is 0 Å². The molecule has 0 spiro atoms. The van der Waals surface area contributed by atoms with Crippen molar-refractivity contribution in [3.8, 4) is 0 Å². The fourth-order valence-electron chi connectivity index (χ4n) is 2.33. The molecule has 0 saturated heterocycles. The Morgan fingerprint density at radius 1 is 1.47 bits per heavy atom. The summed E-state index contributed by atoms with van der Waals surface area (Å²) in [6.45, 7) is 4.36. The Labute approximate surface area is 99.8 Å². The standard InChI is InChI=1S/C12H14N4O/c1-2-15-10-9(5-3-6-13-10)11(17)16-8-4-7-14-12(15)16/h3,5-6H,2,4,7-8H2,1H3. The van der Waals surface area contributed by atoms with Crippen LogP contribution in [0.1, 0.15) is 23.7 Å². The largest absolute Gasteiger partial charge is 0.296 e. The molecule has 17 heavy (non-hydrogen) atoms. The number of pyridine rings is 1. The molecule has 1 aromatic rings. The number of fused-ring (bicyclic) bond motifs is 2. The Morgan fingerprint density at radius 2 is 2.35 bits per heavy atom. The summed E-state index contributed by atoms with van der Waals surface area (Å²) in [5, 5.41) is 0. The summed E-state index contributed by atoms with van der Waals surface area (Å²) in [4.78, 5) is 24.8. The van der Waals surface area contributed by atoms with Gasteiger partial charge < -0.3 is 0 Å². The molecule has 3 rings (SSSR count). The number of hydrogen-bond donors (Lipinski definition) is 0. The number of aromatic nitrogens is 1. The molecule has 5 nitrogen and oxygen atoms in total. The molecule has 2 aliphatic heterocycles. The van der Waals surface area contributed by atoms with Crippen LogP contribution in [0.15, 0.2) is 23.3 Å². The molecule has 0 unspecified atom stereocenters. The molecule has 0 bridgehead atoms. The van der Waals surface area contributed by atoms with Crippen molar-refractivity contribution in [3.05, 3.63) is 23.9 Å². The number of anilines is 1. The van der Waals surface area contributed by atoms with Crippen molar-refractivity contribution in [2.24, 2.45) is 4.99 Å². The van der Waals surface area contributed by atoms with Gasteiger partial charge in [0, 0.05) is 25.8 Å². The summed E-state index contributed by atoms with van der Waals surface area (Å²) in [5.74, 6) is 1.52. The number of amides is 1. The molecule has 5 heteroatoms. The molecule has 0 N–H and O–H groups in total. The van der Waals surface area contributed by atoms with Gasteiger partial charge in [0.15, 0.2) is 0 Å². The van der Waals surface area contributed by atoms with E-state index in [0.717, 1.165) is 37.8 Å². The molecule has 1 aromatic heterocycles. The average molecular weight is 230 g/mol. The highest BCUT2D eigenvalue weighted by molar-refractivity contribution is 6.18. The second-order valence-corrected chi connectivity index (χ2v) is 4.11. The fraction of sp³-hybridized carbons (Fsp3) is 0.417. The van der Waals surface area contributed by atoms with Gasteiger partial charge in [-0.1, -0.05) is 0 Å². The maximum Gasteiger partial charge on any atom is 0.264 e. The summed E-state index contributed by atoms with van der Waals surface area (Å²) in [5.41, 5.74) is 0.676. The zero-order valence-corrected chi connectivity index (χ0v) is 9.76. The van der Waals surface area contributed by atoms with Crippen molar-refractivity contribution in [2.45, 2.75) is 13.3 Å². The Kier molecular flexibility index (Phi) is 2.31. The maximum atomic E-state index is 12.3. The fourth-order valence-corrected chi connectivity index (χ4v) is 2.33. The van der Waals surface area contributed by atoms with Gasteiger partial charge in [0.05, 0.1) is 5.56 Å². The minimum atomic E-state index is 0.0243. The Morgan fingerprint density at radius 3 is 3.18 bits per heavy atom. The minimum absolute atomic E-state index is 0.0243. The van der Waals surface area contributed by atoms with E-state index in [1.165, 1.54) is 0 Å². The number of carbonyl (C=O) groups excluding carboxylic acids is 1. The van der Waals surface area contributed by atoms with Crippen LogP contribution in [0.2, 0.25) is 0 Å². The molecule has 0 saturated carbocycles. The smallest absolute Gasteiger partial charge is 0.264 e. The lowest BCUT2D eigenvalue weighted by molar-refractivity contribution is 0.0833. The lowest BCUT2D eigenvalue weighted by atomic mass is 10.1. The Balaban J connectivity index is 2.17. The van der Waals surface area contributed by atoms with Gasteiger partial charge >= 0.3 is 0 Å². The van der Waals surface area contributed by atoms with Crippen LogP contribution < -0.4 is 4.90 Å². The predicted molar refractivity (Wildman–Crippen MR) is 65.2 cm³/mol. The van der Waals surface area contributed by atoms with Crippen molar-refractivity contribution >= 4 is 17.7 Å². The highest BCUT2D eigenvalue weighted by Gasteiger charge is 2.35. The van der Waals surface area contributed by atoms with Crippen LogP contribution in [0.3, 0.4) is 0 Å².